The van der Waals surface area contributed by atoms with Gasteiger partial charge in [-0.05, 0) is 47.5 Å². The summed E-state index contributed by atoms with van der Waals surface area (Å²) in [4.78, 5) is 23.9. The molecule has 0 aliphatic carbocycles. The largest absolute Gasteiger partial charge is 0.452 e. The highest BCUT2D eigenvalue weighted by Gasteiger charge is 2.10. The van der Waals surface area contributed by atoms with Crippen molar-refractivity contribution in [3.05, 3.63) is 89.4 Å². The van der Waals surface area contributed by atoms with Crippen LogP contribution in [0.1, 0.15) is 10.4 Å². The number of ether oxygens (including phenoxy) is 1. The molecule has 5 heteroatoms. The first kappa shape index (κ1) is 17.7. The number of esters is 1. The average molecular weight is 366 g/mol. The Labute approximate surface area is 156 Å². The molecule has 3 aromatic carbocycles. The first-order valence-corrected chi connectivity index (χ1v) is 8.37. The maximum absolute atomic E-state index is 12.1. The Morgan fingerprint density at radius 3 is 2.08 bits per heavy atom. The Morgan fingerprint density at radius 2 is 1.42 bits per heavy atom. The normalized spacial score (nSPS) is 10.2. The minimum absolute atomic E-state index is 0.359. The molecule has 0 saturated heterocycles. The second kappa shape index (κ2) is 8.32. The summed E-state index contributed by atoms with van der Waals surface area (Å²) < 4.78 is 5.05. The molecule has 0 heterocycles. The lowest BCUT2D eigenvalue weighted by atomic mass is 10.0. The molecule has 0 fully saturated rings. The third kappa shape index (κ3) is 4.71. The molecule has 4 nitrogen and oxygen atoms in total. The summed E-state index contributed by atoms with van der Waals surface area (Å²) in [5.74, 6) is -0.961. The van der Waals surface area contributed by atoms with Gasteiger partial charge in [-0.15, -0.1) is 0 Å². The minimum atomic E-state index is -0.545. The summed E-state index contributed by atoms with van der Waals surface area (Å²) in [6, 6.07) is 23.6. The van der Waals surface area contributed by atoms with Crippen LogP contribution in [-0.2, 0) is 9.53 Å². The lowest BCUT2D eigenvalue weighted by molar-refractivity contribution is -0.119. The van der Waals surface area contributed by atoms with Crippen LogP contribution in [0.3, 0.4) is 0 Å². The van der Waals surface area contributed by atoms with Crippen molar-refractivity contribution in [3.8, 4) is 11.1 Å². The minimum Gasteiger partial charge on any atom is -0.452 e. The number of benzene rings is 3. The monoisotopic (exact) mass is 365 g/mol. The number of anilines is 1. The van der Waals surface area contributed by atoms with Gasteiger partial charge in [-0.1, -0.05) is 54.1 Å². The van der Waals surface area contributed by atoms with Gasteiger partial charge in [-0.25, -0.2) is 4.79 Å². The summed E-state index contributed by atoms with van der Waals surface area (Å²) in [5.41, 5.74) is 3.05. The highest BCUT2D eigenvalue weighted by molar-refractivity contribution is 6.30. The number of hydrogen-bond donors (Lipinski definition) is 1. The van der Waals surface area contributed by atoms with E-state index in [0.29, 0.717) is 16.3 Å². The molecular formula is C21H16ClNO3. The lowest BCUT2D eigenvalue weighted by Gasteiger charge is -2.07. The number of carbonyl (C=O) groups is 2. The average Bonchev–Trinajstić information content (AvgIpc) is 2.69. The molecular weight excluding hydrogens is 350 g/mol. The van der Waals surface area contributed by atoms with Crippen LogP contribution >= 0.6 is 11.6 Å². The molecule has 0 atom stereocenters. The molecule has 3 aromatic rings. The predicted octanol–water partition coefficient (Wildman–Crippen LogP) is 4.80. The Kier molecular flexibility index (Phi) is 5.66. The zero-order chi connectivity index (χ0) is 18.4. The fourth-order valence-electron chi connectivity index (χ4n) is 2.37. The summed E-state index contributed by atoms with van der Waals surface area (Å²) in [5, 5.41) is 3.21. The van der Waals surface area contributed by atoms with Gasteiger partial charge in [0.2, 0.25) is 0 Å². The molecule has 0 aromatic heterocycles. The van der Waals surface area contributed by atoms with E-state index in [1.165, 1.54) is 0 Å². The highest BCUT2D eigenvalue weighted by atomic mass is 35.5. The van der Waals surface area contributed by atoms with Gasteiger partial charge >= 0.3 is 5.97 Å². The van der Waals surface area contributed by atoms with Gasteiger partial charge in [0.15, 0.2) is 6.61 Å². The fourth-order valence-corrected chi connectivity index (χ4v) is 2.50. The van der Waals surface area contributed by atoms with E-state index in [1.54, 1.807) is 36.4 Å². The van der Waals surface area contributed by atoms with E-state index in [4.69, 9.17) is 16.3 Å². The molecule has 0 spiro atoms. The summed E-state index contributed by atoms with van der Waals surface area (Å²) in [6.07, 6.45) is 0. The summed E-state index contributed by atoms with van der Waals surface area (Å²) >= 11 is 5.79. The van der Waals surface area contributed by atoms with Crippen molar-refractivity contribution in [1.82, 2.24) is 0 Å². The third-order valence-electron chi connectivity index (χ3n) is 3.69. The van der Waals surface area contributed by atoms with Crippen molar-refractivity contribution in [1.29, 1.82) is 0 Å². The van der Waals surface area contributed by atoms with Crippen LogP contribution in [0.15, 0.2) is 78.9 Å². The van der Waals surface area contributed by atoms with Crippen molar-refractivity contribution in [2.75, 3.05) is 11.9 Å². The molecule has 130 valence electrons. The van der Waals surface area contributed by atoms with Crippen molar-refractivity contribution < 1.29 is 14.3 Å². The second-order valence-electron chi connectivity index (χ2n) is 5.57. The number of rotatable bonds is 5. The molecule has 0 aliphatic rings. The first-order valence-electron chi connectivity index (χ1n) is 8.00. The SMILES string of the molecule is O=C(COC(=O)c1ccc(-c2ccccc2)cc1)Nc1ccc(Cl)cc1. The number of hydrogen-bond acceptors (Lipinski definition) is 3. The van der Waals surface area contributed by atoms with E-state index in [1.807, 2.05) is 42.5 Å². The van der Waals surface area contributed by atoms with Crippen LogP contribution < -0.4 is 5.32 Å². The second-order valence-corrected chi connectivity index (χ2v) is 6.01. The van der Waals surface area contributed by atoms with Crippen LogP contribution in [0.2, 0.25) is 5.02 Å². The summed E-state index contributed by atoms with van der Waals surface area (Å²) in [6.45, 7) is -0.359. The maximum atomic E-state index is 12.1. The number of nitrogens with one attached hydrogen (secondary N) is 1. The fraction of sp³-hybridized carbons (Fsp3) is 0.0476. The van der Waals surface area contributed by atoms with Gasteiger partial charge in [-0.2, -0.15) is 0 Å². The molecule has 0 unspecified atom stereocenters. The van der Waals surface area contributed by atoms with Gasteiger partial charge in [0.1, 0.15) is 0 Å². The van der Waals surface area contributed by atoms with E-state index in [-0.39, 0.29) is 6.61 Å². The molecule has 26 heavy (non-hydrogen) atoms. The van der Waals surface area contributed by atoms with E-state index in [0.717, 1.165) is 11.1 Å². The lowest BCUT2D eigenvalue weighted by Crippen LogP contribution is -2.20. The van der Waals surface area contributed by atoms with Gasteiger partial charge in [-0.3, -0.25) is 4.79 Å². The van der Waals surface area contributed by atoms with Crippen molar-refractivity contribution in [3.63, 3.8) is 0 Å². The first-order chi connectivity index (χ1) is 12.6. The smallest absolute Gasteiger partial charge is 0.338 e. The topological polar surface area (TPSA) is 55.4 Å². The third-order valence-corrected chi connectivity index (χ3v) is 3.94. The van der Waals surface area contributed by atoms with Crippen molar-refractivity contribution >= 4 is 29.2 Å². The zero-order valence-electron chi connectivity index (χ0n) is 13.8. The molecule has 0 radical (unpaired) electrons. The molecule has 1 N–H and O–H groups in total. The van der Waals surface area contributed by atoms with E-state index < -0.39 is 11.9 Å². The quantitative estimate of drug-likeness (QED) is 0.660. The zero-order valence-corrected chi connectivity index (χ0v) is 14.6. The molecule has 0 saturated carbocycles. The van der Waals surface area contributed by atoms with Crippen LogP contribution in [0, 0.1) is 0 Å². The van der Waals surface area contributed by atoms with Crippen LogP contribution in [0.5, 0.6) is 0 Å². The van der Waals surface area contributed by atoms with E-state index >= 15 is 0 Å². The highest BCUT2D eigenvalue weighted by Crippen LogP contribution is 2.19. The van der Waals surface area contributed by atoms with Crippen molar-refractivity contribution in [2.45, 2.75) is 0 Å². The van der Waals surface area contributed by atoms with Gasteiger partial charge < -0.3 is 10.1 Å². The maximum Gasteiger partial charge on any atom is 0.338 e. The summed E-state index contributed by atoms with van der Waals surface area (Å²) in [7, 11) is 0. The van der Waals surface area contributed by atoms with E-state index in [9.17, 15) is 9.59 Å². The molecule has 3 rings (SSSR count). The predicted molar refractivity (Wildman–Crippen MR) is 102 cm³/mol. The van der Waals surface area contributed by atoms with Gasteiger partial charge in [0.25, 0.3) is 5.91 Å². The molecule has 1 amide bonds. The Bertz CT molecular complexity index is 891. The van der Waals surface area contributed by atoms with Crippen LogP contribution in [0.25, 0.3) is 11.1 Å². The van der Waals surface area contributed by atoms with Crippen LogP contribution in [-0.4, -0.2) is 18.5 Å². The Balaban J connectivity index is 1.54. The number of halogens is 1. The Hall–Kier alpha value is -3.11. The number of amides is 1. The molecule has 0 bridgehead atoms. The van der Waals surface area contributed by atoms with Gasteiger partial charge in [0, 0.05) is 10.7 Å². The van der Waals surface area contributed by atoms with Crippen LogP contribution in [0.4, 0.5) is 5.69 Å². The number of carbonyl (C=O) groups excluding carboxylic acids is 2. The standard InChI is InChI=1S/C21H16ClNO3/c22-18-10-12-19(13-11-18)23-20(24)14-26-21(25)17-8-6-16(7-9-17)15-4-2-1-3-5-15/h1-13H,14H2,(H,23,24). The Morgan fingerprint density at radius 1 is 0.808 bits per heavy atom. The molecule has 0 aliphatic heterocycles. The van der Waals surface area contributed by atoms with Crippen molar-refractivity contribution in [2.24, 2.45) is 0 Å². The van der Waals surface area contributed by atoms with E-state index in [2.05, 4.69) is 5.32 Å². The van der Waals surface area contributed by atoms with Gasteiger partial charge in [0.05, 0.1) is 5.56 Å².